The summed E-state index contributed by atoms with van der Waals surface area (Å²) in [5, 5.41) is 3.12. The van der Waals surface area contributed by atoms with Gasteiger partial charge in [0.25, 0.3) is 0 Å². The van der Waals surface area contributed by atoms with Crippen LogP contribution in [0.4, 0.5) is 5.69 Å². The second-order valence-electron chi connectivity index (χ2n) is 3.01. The van der Waals surface area contributed by atoms with Gasteiger partial charge in [-0.15, -0.1) is 0 Å². The van der Waals surface area contributed by atoms with Gasteiger partial charge in [-0.05, 0) is 24.6 Å². The second kappa shape index (κ2) is 4.50. The Kier molecular flexibility index (Phi) is 3.31. The number of benzene rings is 1. The molecule has 0 saturated carbocycles. The van der Waals surface area contributed by atoms with Crippen LogP contribution >= 0.6 is 0 Å². The van der Waals surface area contributed by atoms with Gasteiger partial charge in [-0.3, -0.25) is 4.79 Å². The number of nitrogens with two attached hydrogens (primary N) is 1. The standard InChI is InChI=1S/C10H14N2O/c1-8-3-2-4-9(7-8)12-6-5-10(11)13/h2-4,7,12H,5-6H2,1H3,(H2,11,13). The van der Waals surface area contributed by atoms with Crippen LogP contribution in [-0.4, -0.2) is 12.5 Å². The van der Waals surface area contributed by atoms with E-state index in [9.17, 15) is 4.79 Å². The van der Waals surface area contributed by atoms with Crippen LogP contribution < -0.4 is 11.1 Å². The van der Waals surface area contributed by atoms with Crippen molar-refractivity contribution in [2.24, 2.45) is 5.73 Å². The molecule has 70 valence electrons. The lowest BCUT2D eigenvalue weighted by Crippen LogP contribution is -2.15. The van der Waals surface area contributed by atoms with Crippen LogP contribution in [0.25, 0.3) is 0 Å². The molecule has 13 heavy (non-hydrogen) atoms. The molecule has 0 bridgehead atoms. The Morgan fingerprint density at radius 3 is 2.92 bits per heavy atom. The molecule has 0 aliphatic rings. The van der Waals surface area contributed by atoms with Gasteiger partial charge >= 0.3 is 0 Å². The van der Waals surface area contributed by atoms with Gasteiger partial charge in [0.05, 0.1) is 0 Å². The van der Waals surface area contributed by atoms with Crippen molar-refractivity contribution in [1.82, 2.24) is 0 Å². The zero-order valence-electron chi connectivity index (χ0n) is 7.71. The van der Waals surface area contributed by atoms with Crippen LogP contribution in [-0.2, 0) is 4.79 Å². The molecule has 0 spiro atoms. The first-order chi connectivity index (χ1) is 6.18. The maximum atomic E-state index is 10.4. The van der Waals surface area contributed by atoms with E-state index in [1.165, 1.54) is 5.56 Å². The Balaban J connectivity index is 2.41. The normalized spacial score (nSPS) is 9.62. The third-order valence-corrected chi connectivity index (χ3v) is 1.72. The smallest absolute Gasteiger partial charge is 0.219 e. The topological polar surface area (TPSA) is 55.1 Å². The summed E-state index contributed by atoms with van der Waals surface area (Å²) in [6, 6.07) is 8.00. The molecule has 0 fully saturated rings. The van der Waals surface area contributed by atoms with Crippen LogP contribution in [0, 0.1) is 6.92 Å². The molecular formula is C10H14N2O. The molecule has 0 heterocycles. The van der Waals surface area contributed by atoms with E-state index >= 15 is 0 Å². The molecule has 0 radical (unpaired) electrons. The number of primary amides is 1. The van der Waals surface area contributed by atoms with E-state index in [0.717, 1.165) is 5.69 Å². The van der Waals surface area contributed by atoms with Crippen molar-refractivity contribution in [2.45, 2.75) is 13.3 Å². The average Bonchev–Trinajstić information content (AvgIpc) is 2.03. The Hall–Kier alpha value is -1.51. The maximum Gasteiger partial charge on any atom is 0.219 e. The van der Waals surface area contributed by atoms with E-state index in [-0.39, 0.29) is 5.91 Å². The molecule has 3 heteroatoms. The van der Waals surface area contributed by atoms with Crippen LogP contribution in [0.1, 0.15) is 12.0 Å². The van der Waals surface area contributed by atoms with Crippen LogP contribution in [0.3, 0.4) is 0 Å². The molecule has 0 saturated heterocycles. The minimum Gasteiger partial charge on any atom is -0.385 e. The highest BCUT2D eigenvalue weighted by atomic mass is 16.1. The van der Waals surface area contributed by atoms with Gasteiger partial charge in [0.15, 0.2) is 0 Å². The second-order valence-corrected chi connectivity index (χ2v) is 3.01. The van der Waals surface area contributed by atoms with Gasteiger partial charge in [0.1, 0.15) is 0 Å². The summed E-state index contributed by atoms with van der Waals surface area (Å²) in [6.45, 7) is 2.62. The van der Waals surface area contributed by atoms with Crippen LogP contribution in [0.2, 0.25) is 0 Å². The van der Waals surface area contributed by atoms with Gasteiger partial charge in [-0.25, -0.2) is 0 Å². The van der Waals surface area contributed by atoms with Crippen molar-refractivity contribution in [1.29, 1.82) is 0 Å². The summed E-state index contributed by atoms with van der Waals surface area (Å²) in [6.07, 6.45) is 0.369. The number of carbonyl (C=O) groups is 1. The fourth-order valence-electron chi connectivity index (χ4n) is 1.09. The Morgan fingerprint density at radius 1 is 1.54 bits per heavy atom. The lowest BCUT2D eigenvalue weighted by Gasteiger charge is -2.04. The summed E-state index contributed by atoms with van der Waals surface area (Å²) in [5.41, 5.74) is 7.23. The first-order valence-electron chi connectivity index (χ1n) is 4.27. The zero-order chi connectivity index (χ0) is 9.68. The third-order valence-electron chi connectivity index (χ3n) is 1.72. The molecule has 1 aromatic rings. The van der Waals surface area contributed by atoms with E-state index in [4.69, 9.17) is 5.73 Å². The quantitative estimate of drug-likeness (QED) is 0.729. The molecule has 3 nitrogen and oxygen atoms in total. The first-order valence-corrected chi connectivity index (χ1v) is 4.27. The van der Waals surface area contributed by atoms with Crippen LogP contribution in [0.15, 0.2) is 24.3 Å². The molecule has 0 aliphatic heterocycles. The Labute approximate surface area is 77.9 Å². The number of hydrogen-bond acceptors (Lipinski definition) is 2. The Morgan fingerprint density at radius 2 is 2.31 bits per heavy atom. The van der Waals surface area contributed by atoms with Crippen molar-refractivity contribution in [3.63, 3.8) is 0 Å². The molecule has 1 amide bonds. The van der Waals surface area contributed by atoms with Crippen molar-refractivity contribution < 1.29 is 4.79 Å². The lowest BCUT2D eigenvalue weighted by molar-refractivity contribution is -0.117. The minimum absolute atomic E-state index is 0.278. The van der Waals surface area contributed by atoms with Gasteiger partial charge < -0.3 is 11.1 Å². The fourth-order valence-corrected chi connectivity index (χ4v) is 1.09. The van der Waals surface area contributed by atoms with E-state index in [1.54, 1.807) is 0 Å². The van der Waals surface area contributed by atoms with E-state index in [2.05, 4.69) is 5.32 Å². The zero-order valence-corrected chi connectivity index (χ0v) is 7.71. The van der Waals surface area contributed by atoms with E-state index in [1.807, 2.05) is 31.2 Å². The number of anilines is 1. The molecule has 1 rings (SSSR count). The van der Waals surface area contributed by atoms with Crippen molar-refractivity contribution in [2.75, 3.05) is 11.9 Å². The summed E-state index contributed by atoms with van der Waals surface area (Å²) < 4.78 is 0. The molecule has 0 atom stereocenters. The lowest BCUT2D eigenvalue weighted by atomic mass is 10.2. The Bertz CT molecular complexity index is 297. The summed E-state index contributed by atoms with van der Waals surface area (Å²) in [7, 11) is 0. The average molecular weight is 178 g/mol. The molecule has 0 unspecified atom stereocenters. The summed E-state index contributed by atoms with van der Waals surface area (Å²) in [5.74, 6) is -0.278. The van der Waals surface area contributed by atoms with E-state index < -0.39 is 0 Å². The number of hydrogen-bond donors (Lipinski definition) is 2. The molecule has 1 aromatic carbocycles. The predicted molar refractivity (Wildman–Crippen MR) is 53.5 cm³/mol. The summed E-state index contributed by atoms with van der Waals surface area (Å²) >= 11 is 0. The summed E-state index contributed by atoms with van der Waals surface area (Å²) in [4.78, 5) is 10.4. The monoisotopic (exact) mass is 178 g/mol. The van der Waals surface area contributed by atoms with Crippen molar-refractivity contribution in [3.05, 3.63) is 29.8 Å². The van der Waals surface area contributed by atoms with E-state index in [0.29, 0.717) is 13.0 Å². The fraction of sp³-hybridized carbons (Fsp3) is 0.300. The third kappa shape index (κ3) is 3.60. The highest BCUT2D eigenvalue weighted by molar-refractivity contribution is 5.74. The minimum atomic E-state index is -0.278. The number of carbonyl (C=O) groups excluding carboxylic acids is 1. The van der Waals surface area contributed by atoms with Gasteiger partial charge in [-0.1, -0.05) is 12.1 Å². The number of aryl methyl sites for hydroxylation is 1. The van der Waals surface area contributed by atoms with Gasteiger partial charge in [0, 0.05) is 18.7 Å². The number of amides is 1. The molecule has 0 aromatic heterocycles. The molecule has 3 N–H and O–H groups in total. The number of rotatable bonds is 4. The van der Waals surface area contributed by atoms with Gasteiger partial charge in [-0.2, -0.15) is 0 Å². The number of nitrogens with one attached hydrogen (secondary N) is 1. The first kappa shape index (κ1) is 9.58. The predicted octanol–water partition coefficient (Wildman–Crippen LogP) is 1.28. The highest BCUT2D eigenvalue weighted by Crippen LogP contribution is 2.08. The van der Waals surface area contributed by atoms with Gasteiger partial charge in [0.2, 0.25) is 5.91 Å². The largest absolute Gasteiger partial charge is 0.385 e. The molecule has 0 aliphatic carbocycles. The van der Waals surface area contributed by atoms with Crippen molar-refractivity contribution in [3.8, 4) is 0 Å². The SMILES string of the molecule is Cc1cccc(NCCC(N)=O)c1. The maximum absolute atomic E-state index is 10.4. The molecular weight excluding hydrogens is 164 g/mol. The van der Waals surface area contributed by atoms with Crippen molar-refractivity contribution >= 4 is 11.6 Å². The van der Waals surface area contributed by atoms with Crippen LogP contribution in [0.5, 0.6) is 0 Å². The highest BCUT2D eigenvalue weighted by Gasteiger charge is 1.94.